The molecule has 0 aliphatic carbocycles. The zero-order valence-corrected chi connectivity index (χ0v) is 12.0. The highest BCUT2D eigenvalue weighted by Gasteiger charge is 2.09. The molecule has 0 radical (unpaired) electrons. The van der Waals surface area contributed by atoms with Gasteiger partial charge in [0.1, 0.15) is 11.4 Å². The van der Waals surface area contributed by atoms with Gasteiger partial charge in [-0.3, -0.25) is 0 Å². The number of hydrogen-bond donors (Lipinski definition) is 0. The number of pyridine rings is 1. The molecule has 0 saturated heterocycles. The summed E-state index contributed by atoms with van der Waals surface area (Å²) in [6.45, 7) is 4.16. The van der Waals surface area contributed by atoms with Crippen molar-refractivity contribution in [2.75, 3.05) is 7.11 Å². The van der Waals surface area contributed by atoms with Gasteiger partial charge in [0.05, 0.1) is 12.6 Å². The third-order valence-corrected chi connectivity index (χ3v) is 3.48. The predicted molar refractivity (Wildman–Crippen MR) is 83.2 cm³/mol. The average molecular weight is 263 g/mol. The molecule has 3 rings (SSSR count). The van der Waals surface area contributed by atoms with E-state index in [0.717, 1.165) is 27.9 Å². The molecule has 2 aromatic carbocycles. The van der Waals surface area contributed by atoms with Gasteiger partial charge in [0, 0.05) is 10.9 Å². The van der Waals surface area contributed by atoms with E-state index in [9.17, 15) is 0 Å². The molecule has 1 aromatic heterocycles. The summed E-state index contributed by atoms with van der Waals surface area (Å²) in [4.78, 5) is 4.76. The van der Waals surface area contributed by atoms with Gasteiger partial charge in [-0.1, -0.05) is 41.5 Å². The topological polar surface area (TPSA) is 22.1 Å². The molecule has 0 N–H and O–H groups in total. The van der Waals surface area contributed by atoms with Crippen molar-refractivity contribution in [1.82, 2.24) is 4.98 Å². The number of aryl methyl sites for hydroxylation is 2. The van der Waals surface area contributed by atoms with Crippen molar-refractivity contribution in [1.29, 1.82) is 0 Å². The average Bonchev–Trinajstić information content (AvgIpc) is 2.46. The van der Waals surface area contributed by atoms with Crippen LogP contribution < -0.4 is 4.74 Å². The van der Waals surface area contributed by atoms with Crippen LogP contribution in [-0.2, 0) is 0 Å². The first-order valence-electron chi connectivity index (χ1n) is 6.70. The standard InChI is InChI=1S/C18H17NO/c1-12-4-7-14(8-5-12)18-17(20-3)11-15-10-13(2)6-9-16(15)19-18/h4-11H,1-3H3. The summed E-state index contributed by atoms with van der Waals surface area (Å²) in [7, 11) is 1.69. The number of methoxy groups -OCH3 is 1. The minimum Gasteiger partial charge on any atom is -0.494 e. The zero-order valence-electron chi connectivity index (χ0n) is 12.0. The molecule has 0 bridgehead atoms. The Hall–Kier alpha value is -2.35. The van der Waals surface area contributed by atoms with Gasteiger partial charge in [-0.15, -0.1) is 0 Å². The lowest BCUT2D eigenvalue weighted by molar-refractivity contribution is 0.415. The Bertz CT molecular complexity index is 760. The molecular weight excluding hydrogens is 246 g/mol. The highest BCUT2D eigenvalue weighted by Crippen LogP contribution is 2.31. The second kappa shape index (κ2) is 4.97. The fourth-order valence-electron chi connectivity index (χ4n) is 2.35. The van der Waals surface area contributed by atoms with Gasteiger partial charge in [0.15, 0.2) is 0 Å². The van der Waals surface area contributed by atoms with E-state index in [-0.39, 0.29) is 0 Å². The van der Waals surface area contributed by atoms with E-state index in [0.29, 0.717) is 0 Å². The molecule has 0 amide bonds. The van der Waals surface area contributed by atoms with Crippen molar-refractivity contribution in [3.8, 4) is 17.0 Å². The van der Waals surface area contributed by atoms with E-state index in [2.05, 4.69) is 62.4 Å². The minimum atomic E-state index is 0.812. The van der Waals surface area contributed by atoms with Gasteiger partial charge in [-0.05, 0) is 32.0 Å². The van der Waals surface area contributed by atoms with Crippen LogP contribution in [0.5, 0.6) is 5.75 Å². The summed E-state index contributed by atoms with van der Waals surface area (Å²) in [6, 6.07) is 16.7. The number of hydrogen-bond acceptors (Lipinski definition) is 2. The smallest absolute Gasteiger partial charge is 0.145 e. The third-order valence-electron chi connectivity index (χ3n) is 3.48. The molecule has 1 heterocycles. The third kappa shape index (κ3) is 2.25. The first kappa shape index (κ1) is 12.7. The molecule has 0 spiro atoms. The van der Waals surface area contributed by atoms with E-state index < -0.39 is 0 Å². The summed E-state index contributed by atoms with van der Waals surface area (Å²) >= 11 is 0. The molecule has 0 unspecified atom stereocenters. The highest BCUT2D eigenvalue weighted by atomic mass is 16.5. The normalized spacial score (nSPS) is 10.8. The molecule has 3 aromatic rings. The fraction of sp³-hybridized carbons (Fsp3) is 0.167. The van der Waals surface area contributed by atoms with Gasteiger partial charge < -0.3 is 4.74 Å². The maximum atomic E-state index is 5.52. The summed E-state index contributed by atoms with van der Waals surface area (Å²) in [5, 5.41) is 1.11. The van der Waals surface area contributed by atoms with Crippen LogP contribution in [0.15, 0.2) is 48.5 Å². The van der Waals surface area contributed by atoms with Crippen molar-refractivity contribution in [3.63, 3.8) is 0 Å². The summed E-state index contributed by atoms with van der Waals surface area (Å²) in [5.41, 5.74) is 5.43. The predicted octanol–water partition coefficient (Wildman–Crippen LogP) is 4.53. The lowest BCUT2D eigenvalue weighted by Crippen LogP contribution is -1.93. The van der Waals surface area contributed by atoms with E-state index in [1.807, 2.05) is 0 Å². The number of rotatable bonds is 2. The van der Waals surface area contributed by atoms with Crippen molar-refractivity contribution in [2.24, 2.45) is 0 Å². The van der Waals surface area contributed by atoms with Gasteiger partial charge in [-0.2, -0.15) is 0 Å². The number of nitrogens with zero attached hydrogens (tertiary/aromatic N) is 1. The lowest BCUT2D eigenvalue weighted by Gasteiger charge is -2.10. The van der Waals surface area contributed by atoms with E-state index >= 15 is 0 Å². The maximum absolute atomic E-state index is 5.52. The van der Waals surface area contributed by atoms with Crippen LogP contribution in [0.1, 0.15) is 11.1 Å². The largest absolute Gasteiger partial charge is 0.494 e. The van der Waals surface area contributed by atoms with Crippen molar-refractivity contribution in [2.45, 2.75) is 13.8 Å². The molecule has 0 fully saturated rings. The van der Waals surface area contributed by atoms with Crippen LogP contribution in [0, 0.1) is 13.8 Å². The molecule has 100 valence electrons. The van der Waals surface area contributed by atoms with Gasteiger partial charge in [-0.25, -0.2) is 4.98 Å². The number of aromatic nitrogens is 1. The lowest BCUT2D eigenvalue weighted by atomic mass is 10.1. The first-order valence-corrected chi connectivity index (χ1v) is 6.70. The quantitative estimate of drug-likeness (QED) is 0.677. The number of ether oxygens (including phenoxy) is 1. The van der Waals surface area contributed by atoms with E-state index in [1.54, 1.807) is 7.11 Å². The summed E-state index contributed by atoms with van der Waals surface area (Å²) in [6.07, 6.45) is 0. The van der Waals surface area contributed by atoms with Gasteiger partial charge >= 0.3 is 0 Å². The van der Waals surface area contributed by atoms with Crippen LogP contribution in [0.2, 0.25) is 0 Å². The van der Waals surface area contributed by atoms with E-state index in [1.165, 1.54) is 11.1 Å². The monoisotopic (exact) mass is 263 g/mol. The summed E-state index contributed by atoms with van der Waals surface area (Å²) in [5.74, 6) is 0.812. The van der Waals surface area contributed by atoms with Crippen molar-refractivity contribution < 1.29 is 4.74 Å². The first-order chi connectivity index (χ1) is 9.67. The van der Waals surface area contributed by atoms with Crippen molar-refractivity contribution in [3.05, 3.63) is 59.7 Å². The molecule has 0 saturated carbocycles. The number of benzene rings is 2. The van der Waals surface area contributed by atoms with Gasteiger partial charge in [0.25, 0.3) is 0 Å². The van der Waals surface area contributed by atoms with E-state index in [4.69, 9.17) is 9.72 Å². The Labute approximate surface area is 119 Å². The Morgan fingerprint density at radius 2 is 1.55 bits per heavy atom. The Morgan fingerprint density at radius 1 is 0.850 bits per heavy atom. The Balaban J connectivity index is 2.23. The van der Waals surface area contributed by atoms with Crippen LogP contribution in [0.4, 0.5) is 0 Å². The maximum Gasteiger partial charge on any atom is 0.145 e. The number of fused-ring (bicyclic) bond motifs is 1. The molecule has 20 heavy (non-hydrogen) atoms. The van der Waals surface area contributed by atoms with Crippen LogP contribution in [0.25, 0.3) is 22.2 Å². The molecule has 0 aliphatic heterocycles. The fourth-order valence-corrected chi connectivity index (χ4v) is 2.35. The van der Waals surface area contributed by atoms with Gasteiger partial charge in [0.2, 0.25) is 0 Å². The van der Waals surface area contributed by atoms with Crippen LogP contribution in [0.3, 0.4) is 0 Å². The Morgan fingerprint density at radius 3 is 2.25 bits per heavy atom. The summed E-state index contributed by atoms with van der Waals surface area (Å²) < 4.78 is 5.52. The molecule has 0 aliphatic rings. The molecule has 2 nitrogen and oxygen atoms in total. The molecular formula is C18H17NO. The highest BCUT2D eigenvalue weighted by molar-refractivity contribution is 5.85. The van der Waals surface area contributed by atoms with Crippen LogP contribution in [-0.4, -0.2) is 12.1 Å². The Kier molecular flexibility index (Phi) is 3.15. The van der Waals surface area contributed by atoms with Crippen molar-refractivity contribution >= 4 is 10.9 Å². The molecule has 2 heteroatoms. The van der Waals surface area contributed by atoms with Crippen LogP contribution >= 0.6 is 0 Å². The second-order valence-corrected chi connectivity index (χ2v) is 5.10. The minimum absolute atomic E-state index is 0.812. The second-order valence-electron chi connectivity index (χ2n) is 5.10. The SMILES string of the molecule is COc1cc2cc(C)ccc2nc1-c1ccc(C)cc1. The molecule has 0 atom stereocenters. The zero-order chi connectivity index (χ0) is 14.1.